The second-order valence-electron chi connectivity index (χ2n) is 5.28. The van der Waals surface area contributed by atoms with Gasteiger partial charge in [0, 0.05) is 11.8 Å². The molecule has 4 rings (SSSR count). The van der Waals surface area contributed by atoms with Crippen LogP contribution in [-0.2, 0) is 0 Å². The van der Waals surface area contributed by atoms with Gasteiger partial charge in [-0.05, 0) is 43.9 Å². The van der Waals surface area contributed by atoms with E-state index in [1.165, 1.54) is 32.1 Å². The van der Waals surface area contributed by atoms with Gasteiger partial charge in [-0.2, -0.15) is 5.10 Å². The second-order valence-corrected chi connectivity index (χ2v) is 5.28. The van der Waals surface area contributed by atoms with E-state index in [1.54, 1.807) is 0 Å². The van der Waals surface area contributed by atoms with Gasteiger partial charge in [-0.1, -0.05) is 0 Å². The summed E-state index contributed by atoms with van der Waals surface area (Å²) >= 11 is 0. The molecule has 0 aromatic carbocycles. The number of fused-ring (bicyclic) bond motifs is 1. The maximum absolute atomic E-state index is 4.64. The number of rotatable bonds is 2. The van der Waals surface area contributed by atoms with Crippen LogP contribution in [0.2, 0.25) is 0 Å². The molecule has 0 amide bonds. The van der Waals surface area contributed by atoms with Crippen molar-refractivity contribution in [3.63, 3.8) is 0 Å². The van der Waals surface area contributed by atoms with E-state index in [9.17, 15) is 0 Å². The lowest BCUT2D eigenvalue weighted by atomic mass is 10.0. The number of nitrogens with zero attached hydrogens (tertiary/aromatic N) is 2. The zero-order chi connectivity index (χ0) is 9.12. The Morgan fingerprint density at radius 3 is 2.50 bits per heavy atom. The Morgan fingerprint density at radius 2 is 1.79 bits per heavy atom. The lowest BCUT2D eigenvalue weighted by Gasteiger charge is -2.04. The summed E-state index contributed by atoms with van der Waals surface area (Å²) in [6.45, 7) is 0. The number of hydrogen-bond donors (Lipinski definition) is 1. The Morgan fingerprint density at radius 1 is 1.00 bits per heavy atom. The van der Waals surface area contributed by atoms with Crippen LogP contribution in [0, 0.1) is 11.8 Å². The van der Waals surface area contributed by atoms with Gasteiger partial charge in [0.05, 0.1) is 0 Å². The number of aromatic amines is 1. The highest BCUT2D eigenvalue weighted by atomic mass is 15.2. The molecule has 74 valence electrons. The van der Waals surface area contributed by atoms with Crippen molar-refractivity contribution in [3.05, 3.63) is 11.6 Å². The summed E-state index contributed by atoms with van der Waals surface area (Å²) < 4.78 is 0. The highest BCUT2D eigenvalue weighted by Gasteiger charge is 2.47. The summed E-state index contributed by atoms with van der Waals surface area (Å²) in [5.41, 5.74) is 0. The molecule has 0 saturated heterocycles. The fourth-order valence-corrected chi connectivity index (χ4v) is 2.94. The first-order valence-electron chi connectivity index (χ1n) is 5.82. The number of aromatic nitrogens is 3. The van der Waals surface area contributed by atoms with Gasteiger partial charge in [-0.15, -0.1) is 0 Å². The maximum atomic E-state index is 4.64. The minimum absolute atomic E-state index is 0.683. The van der Waals surface area contributed by atoms with E-state index >= 15 is 0 Å². The summed E-state index contributed by atoms with van der Waals surface area (Å²) in [5.74, 6) is 5.72. The fraction of sp³-hybridized carbons (Fsp3) is 0.818. The summed E-state index contributed by atoms with van der Waals surface area (Å²) in [5, 5.41) is 7.49. The van der Waals surface area contributed by atoms with Crippen LogP contribution in [0.25, 0.3) is 0 Å². The third kappa shape index (κ3) is 1.04. The first kappa shape index (κ1) is 7.43. The van der Waals surface area contributed by atoms with E-state index in [-0.39, 0.29) is 0 Å². The monoisotopic (exact) mass is 189 g/mol. The van der Waals surface area contributed by atoms with Crippen LogP contribution < -0.4 is 0 Å². The van der Waals surface area contributed by atoms with Gasteiger partial charge in [0.1, 0.15) is 5.82 Å². The van der Waals surface area contributed by atoms with E-state index in [4.69, 9.17) is 0 Å². The van der Waals surface area contributed by atoms with Crippen LogP contribution in [0.5, 0.6) is 0 Å². The van der Waals surface area contributed by atoms with Gasteiger partial charge >= 0.3 is 0 Å². The fourth-order valence-electron chi connectivity index (χ4n) is 2.94. The molecule has 3 fully saturated rings. The second kappa shape index (κ2) is 2.38. The van der Waals surface area contributed by atoms with Crippen molar-refractivity contribution in [2.24, 2.45) is 11.8 Å². The number of hydrogen-bond acceptors (Lipinski definition) is 2. The van der Waals surface area contributed by atoms with Crippen molar-refractivity contribution in [2.75, 3.05) is 0 Å². The lowest BCUT2D eigenvalue weighted by molar-refractivity contribution is 0.591. The SMILES string of the molecule is C1CC1c1nc(C2CC3CC3C2)n[nH]1. The van der Waals surface area contributed by atoms with Crippen LogP contribution in [-0.4, -0.2) is 15.2 Å². The molecule has 2 unspecified atom stereocenters. The topological polar surface area (TPSA) is 41.6 Å². The highest BCUT2D eigenvalue weighted by molar-refractivity contribution is 5.11. The van der Waals surface area contributed by atoms with Gasteiger partial charge in [-0.3, -0.25) is 5.10 Å². The number of nitrogens with one attached hydrogen (secondary N) is 1. The van der Waals surface area contributed by atoms with Crippen molar-refractivity contribution >= 4 is 0 Å². The standard InChI is InChI=1S/C11H15N3/c1-2-6(1)10-12-11(14-13-10)9-4-7-3-8(7)5-9/h6-9H,1-5H2,(H,12,13,14). The molecule has 0 bridgehead atoms. The molecule has 2 atom stereocenters. The van der Waals surface area contributed by atoms with E-state index in [0.29, 0.717) is 11.8 Å². The normalized spacial score (nSPS) is 39.9. The molecular formula is C11H15N3. The molecule has 3 aliphatic carbocycles. The molecule has 3 heteroatoms. The first-order valence-corrected chi connectivity index (χ1v) is 5.82. The minimum atomic E-state index is 0.683. The lowest BCUT2D eigenvalue weighted by Crippen LogP contribution is -1.98. The summed E-state index contributed by atoms with van der Waals surface area (Å²) in [6, 6.07) is 0. The zero-order valence-electron chi connectivity index (χ0n) is 8.24. The third-order valence-electron chi connectivity index (χ3n) is 4.09. The van der Waals surface area contributed by atoms with Crippen molar-refractivity contribution < 1.29 is 0 Å². The summed E-state index contributed by atoms with van der Waals surface area (Å²) in [7, 11) is 0. The molecule has 1 heterocycles. The van der Waals surface area contributed by atoms with Crippen molar-refractivity contribution in [1.29, 1.82) is 0 Å². The smallest absolute Gasteiger partial charge is 0.153 e. The quantitative estimate of drug-likeness (QED) is 0.774. The molecule has 1 aromatic rings. The average molecular weight is 189 g/mol. The van der Waals surface area contributed by atoms with E-state index in [0.717, 1.165) is 23.5 Å². The molecule has 1 aromatic heterocycles. The molecule has 0 spiro atoms. The molecule has 14 heavy (non-hydrogen) atoms. The minimum Gasteiger partial charge on any atom is -0.263 e. The Labute approximate surface area is 83.3 Å². The number of H-pyrrole nitrogens is 1. The average Bonchev–Trinajstić information content (AvgIpc) is 3.10. The molecule has 0 radical (unpaired) electrons. The molecule has 0 aliphatic heterocycles. The Balaban J connectivity index is 1.57. The summed E-state index contributed by atoms with van der Waals surface area (Å²) in [4.78, 5) is 4.64. The van der Waals surface area contributed by atoms with Crippen LogP contribution in [0.15, 0.2) is 0 Å². The summed E-state index contributed by atoms with van der Waals surface area (Å²) in [6.07, 6.45) is 6.81. The van der Waals surface area contributed by atoms with E-state index < -0.39 is 0 Å². The van der Waals surface area contributed by atoms with Crippen LogP contribution in [0.4, 0.5) is 0 Å². The predicted octanol–water partition coefficient (Wildman–Crippen LogP) is 2.20. The predicted molar refractivity (Wildman–Crippen MR) is 51.9 cm³/mol. The highest BCUT2D eigenvalue weighted by Crippen LogP contribution is 2.57. The third-order valence-corrected chi connectivity index (χ3v) is 4.09. The first-order chi connectivity index (χ1) is 6.90. The van der Waals surface area contributed by atoms with E-state index in [1.807, 2.05) is 0 Å². The molecule has 1 N–H and O–H groups in total. The van der Waals surface area contributed by atoms with Gasteiger partial charge in [0.2, 0.25) is 0 Å². The van der Waals surface area contributed by atoms with Gasteiger partial charge < -0.3 is 0 Å². The van der Waals surface area contributed by atoms with Gasteiger partial charge in [0.25, 0.3) is 0 Å². The molecule has 3 nitrogen and oxygen atoms in total. The van der Waals surface area contributed by atoms with Crippen molar-refractivity contribution in [3.8, 4) is 0 Å². The van der Waals surface area contributed by atoms with Gasteiger partial charge in [-0.25, -0.2) is 4.98 Å². The molecular weight excluding hydrogens is 174 g/mol. The van der Waals surface area contributed by atoms with E-state index in [2.05, 4.69) is 15.2 Å². The molecule has 3 aliphatic rings. The Kier molecular flexibility index (Phi) is 1.27. The van der Waals surface area contributed by atoms with Crippen molar-refractivity contribution in [1.82, 2.24) is 15.2 Å². The van der Waals surface area contributed by atoms with Crippen LogP contribution >= 0.6 is 0 Å². The largest absolute Gasteiger partial charge is 0.263 e. The van der Waals surface area contributed by atoms with Crippen molar-refractivity contribution in [2.45, 2.75) is 43.9 Å². The Bertz CT molecular complexity index is 356. The zero-order valence-corrected chi connectivity index (χ0v) is 8.24. The van der Waals surface area contributed by atoms with Gasteiger partial charge in [0.15, 0.2) is 5.82 Å². The van der Waals surface area contributed by atoms with Crippen LogP contribution in [0.3, 0.4) is 0 Å². The molecule has 3 saturated carbocycles. The van der Waals surface area contributed by atoms with Crippen LogP contribution in [0.1, 0.15) is 55.6 Å². The maximum Gasteiger partial charge on any atom is 0.153 e. The Hall–Kier alpha value is -0.860.